The molecular formula is C18H23N7O3. The number of H-pyrrole nitrogens is 2. The Labute approximate surface area is 159 Å². The first kappa shape index (κ1) is 18.2. The number of aliphatic hydroxyl groups excluding tert-OH is 1. The lowest BCUT2D eigenvalue weighted by molar-refractivity contribution is 0.170. The van der Waals surface area contributed by atoms with E-state index in [0.29, 0.717) is 34.8 Å². The highest BCUT2D eigenvalue weighted by molar-refractivity contribution is 5.57. The Kier molecular flexibility index (Phi) is 4.42. The van der Waals surface area contributed by atoms with Crippen molar-refractivity contribution in [1.82, 2.24) is 24.6 Å². The monoisotopic (exact) mass is 385 g/mol. The number of hydrogen-bond donors (Lipinski definition) is 5. The van der Waals surface area contributed by atoms with Gasteiger partial charge in [-0.25, -0.2) is 9.78 Å². The van der Waals surface area contributed by atoms with Gasteiger partial charge in [0.25, 0.3) is 0 Å². The lowest BCUT2D eigenvalue weighted by Crippen LogP contribution is -2.28. The maximum absolute atomic E-state index is 11.4. The molecule has 3 aromatic heterocycles. The van der Waals surface area contributed by atoms with Gasteiger partial charge in [0.2, 0.25) is 5.88 Å². The van der Waals surface area contributed by atoms with Crippen LogP contribution in [0.2, 0.25) is 0 Å². The van der Waals surface area contributed by atoms with Crippen molar-refractivity contribution in [2.24, 2.45) is 10.4 Å². The van der Waals surface area contributed by atoms with Crippen molar-refractivity contribution in [1.29, 1.82) is 0 Å². The second kappa shape index (κ2) is 6.79. The highest BCUT2D eigenvalue weighted by Crippen LogP contribution is 2.22. The van der Waals surface area contributed by atoms with E-state index in [0.717, 1.165) is 12.8 Å². The van der Waals surface area contributed by atoms with Gasteiger partial charge in [0, 0.05) is 29.9 Å². The number of nitrogens with zero attached hydrogens (tertiary/aromatic N) is 4. The van der Waals surface area contributed by atoms with Crippen molar-refractivity contribution in [2.75, 3.05) is 18.5 Å². The minimum absolute atomic E-state index is 0.0490. The zero-order chi connectivity index (χ0) is 19.9. The SMILES string of the molecule is CC(C)(CO)CNc1cc(=NC2CC2)n2nc/c(=C\c3[nH]c(=O)[nH]c3O)c2n1. The number of aromatic hydroxyl groups is 1. The van der Waals surface area contributed by atoms with Crippen molar-refractivity contribution in [3.05, 3.63) is 39.1 Å². The number of aromatic amines is 2. The number of fused-ring (bicyclic) bond motifs is 1. The van der Waals surface area contributed by atoms with Crippen molar-refractivity contribution in [2.45, 2.75) is 32.7 Å². The molecule has 28 heavy (non-hydrogen) atoms. The molecule has 148 valence electrons. The summed E-state index contributed by atoms with van der Waals surface area (Å²) in [7, 11) is 0. The van der Waals surface area contributed by atoms with E-state index in [1.54, 1.807) is 16.8 Å². The smallest absolute Gasteiger partial charge is 0.326 e. The Balaban J connectivity index is 1.83. The van der Waals surface area contributed by atoms with Crippen LogP contribution in [0.1, 0.15) is 32.4 Å². The summed E-state index contributed by atoms with van der Waals surface area (Å²) in [6, 6.07) is 2.14. The van der Waals surface area contributed by atoms with Crippen molar-refractivity contribution in [3.63, 3.8) is 0 Å². The number of aliphatic hydroxyl groups is 1. The highest BCUT2D eigenvalue weighted by Gasteiger charge is 2.21. The van der Waals surface area contributed by atoms with E-state index in [1.165, 1.54) is 0 Å². The molecular weight excluding hydrogens is 362 g/mol. The molecule has 0 unspecified atom stereocenters. The fourth-order valence-electron chi connectivity index (χ4n) is 2.67. The number of hydrogen-bond acceptors (Lipinski definition) is 7. The summed E-state index contributed by atoms with van der Waals surface area (Å²) in [6.45, 7) is 4.50. The fraction of sp³-hybridized carbons (Fsp3) is 0.444. The maximum Gasteiger partial charge on any atom is 0.326 e. The number of nitrogens with one attached hydrogen (secondary N) is 3. The van der Waals surface area contributed by atoms with Crippen molar-refractivity contribution in [3.8, 4) is 5.88 Å². The van der Waals surface area contributed by atoms with Crippen LogP contribution in [-0.4, -0.2) is 54.0 Å². The molecule has 0 aromatic carbocycles. The topological polar surface area (TPSA) is 144 Å². The molecule has 0 aliphatic heterocycles. The molecule has 1 aliphatic rings. The van der Waals surface area contributed by atoms with Gasteiger partial charge in [-0.15, -0.1) is 0 Å². The van der Waals surface area contributed by atoms with E-state index in [-0.39, 0.29) is 23.6 Å². The van der Waals surface area contributed by atoms with E-state index >= 15 is 0 Å². The van der Waals surface area contributed by atoms with Crippen LogP contribution in [0.5, 0.6) is 5.88 Å². The van der Waals surface area contributed by atoms with Gasteiger partial charge in [-0.1, -0.05) is 13.8 Å². The molecule has 3 heterocycles. The van der Waals surface area contributed by atoms with Gasteiger partial charge in [-0.3, -0.25) is 9.98 Å². The first-order chi connectivity index (χ1) is 13.3. The van der Waals surface area contributed by atoms with Crippen LogP contribution in [0.15, 0.2) is 22.1 Å². The Hall–Kier alpha value is -3.14. The third-order valence-corrected chi connectivity index (χ3v) is 4.55. The van der Waals surface area contributed by atoms with Gasteiger partial charge in [-0.2, -0.15) is 9.61 Å². The van der Waals surface area contributed by atoms with Crippen LogP contribution >= 0.6 is 0 Å². The predicted octanol–water partition coefficient (Wildman–Crippen LogP) is -0.508. The van der Waals surface area contributed by atoms with Gasteiger partial charge >= 0.3 is 5.69 Å². The Bertz CT molecular complexity index is 1180. The minimum Gasteiger partial charge on any atom is -0.493 e. The Morgan fingerprint density at radius 1 is 1.43 bits per heavy atom. The molecule has 0 saturated heterocycles. The molecule has 3 aromatic rings. The van der Waals surface area contributed by atoms with E-state index in [4.69, 9.17) is 4.99 Å². The number of anilines is 1. The largest absolute Gasteiger partial charge is 0.493 e. The summed E-state index contributed by atoms with van der Waals surface area (Å²) in [5.74, 6) is 0.376. The summed E-state index contributed by atoms with van der Waals surface area (Å²) < 4.78 is 1.65. The normalized spacial score (nSPS) is 16.2. The molecule has 10 heteroatoms. The second-order valence-corrected chi connectivity index (χ2v) is 7.86. The van der Waals surface area contributed by atoms with Crippen molar-refractivity contribution >= 4 is 17.5 Å². The van der Waals surface area contributed by atoms with E-state index in [1.807, 2.05) is 19.9 Å². The number of imidazole rings is 1. The van der Waals surface area contributed by atoms with Crippen molar-refractivity contribution < 1.29 is 10.2 Å². The molecule has 4 rings (SSSR count). The van der Waals surface area contributed by atoms with Crippen LogP contribution in [0, 0.1) is 5.41 Å². The lowest BCUT2D eigenvalue weighted by atomic mass is 9.95. The fourth-order valence-corrected chi connectivity index (χ4v) is 2.67. The standard InChI is InChI=1S/C18H23N7O3/c1-18(2,9-26)8-19-13-6-14(21-11-3-4-11)25-15(23-13)10(7-20-25)5-12-16(27)24-17(28)22-12/h5-7,11,19,26-27H,3-4,8-9H2,1-2H3,(H2,22,24,28)/b10-5+,21-14?. The molecule has 0 bridgehead atoms. The van der Waals surface area contributed by atoms with Gasteiger partial charge in [-0.05, 0) is 18.9 Å². The van der Waals surface area contributed by atoms with Gasteiger partial charge in [0.15, 0.2) is 11.1 Å². The summed E-state index contributed by atoms with van der Waals surface area (Å²) in [6.07, 6.45) is 5.33. The quantitative estimate of drug-likeness (QED) is 0.387. The van der Waals surface area contributed by atoms with Crippen LogP contribution in [-0.2, 0) is 0 Å². The summed E-state index contributed by atoms with van der Waals surface area (Å²) in [4.78, 5) is 25.5. The predicted molar refractivity (Wildman–Crippen MR) is 103 cm³/mol. The molecule has 0 radical (unpaired) electrons. The summed E-state index contributed by atoms with van der Waals surface area (Å²) in [5, 5.41) is 27.6. The molecule has 0 atom stereocenters. The molecule has 10 nitrogen and oxygen atoms in total. The third-order valence-electron chi connectivity index (χ3n) is 4.55. The van der Waals surface area contributed by atoms with E-state index in [2.05, 4.69) is 25.4 Å². The first-order valence-electron chi connectivity index (χ1n) is 9.15. The Morgan fingerprint density at radius 2 is 2.21 bits per heavy atom. The van der Waals surface area contributed by atoms with E-state index < -0.39 is 5.69 Å². The zero-order valence-electron chi connectivity index (χ0n) is 15.7. The third kappa shape index (κ3) is 3.77. The minimum atomic E-state index is -0.494. The lowest BCUT2D eigenvalue weighted by Gasteiger charge is -2.22. The molecule has 0 spiro atoms. The van der Waals surface area contributed by atoms with Crippen LogP contribution in [0.4, 0.5) is 5.82 Å². The van der Waals surface area contributed by atoms with Gasteiger partial charge < -0.3 is 20.5 Å². The zero-order valence-corrected chi connectivity index (χ0v) is 15.7. The van der Waals surface area contributed by atoms with Gasteiger partial charge in [0.05, 0.1) is 12.2 Å². The van der Waals surface area contributed by atoms with Gasteiger partial charge in [0.1, 0.15) is 11.5 Å². The molecule has 1 fully saturated rings. The highest BCUT2D eigenvalue weighted by atomic mass is 16.3. The van der Waals surface area contributed by atoms with Crippen LogP contribution in [0.25, 0.3) is 11.7 Å². The van der Waals surface area contributed by atoms with Crippen LogP contribution < -0.4 is 21.7 Å². The average Bonchev–Trinajstić information content (AvgIpc) is 3.29. The molecule has 1 saturated carbocycles. The van der Waals surface area contributed by atoms with Crippen LogP contribution in [0.3, 0.4) is 0 Å². The summed E-state index contributed by atoms with van der Waals surface area (Å²) >= 11 is 0. The Morgan fingerprint density at radius 3 is 2.86 bits per heavy atom. The molecule has 5 N–H and O–H groups in total. The first-order valence-corrected chi connectivity index (χ1v) is 9.15. The number of rotatable bonds is 6. The molecule has 1 aliphatic carbocycles. The maximum atomic E-state index is 11.4. The average molecular weight is 385 g/mol. The number of aromatic nitrogens is 5. The molecule has 0 amide bonds. The van der Waals surface area contributed by atoms with E-state index in [9.17, 15) is 15.0 Å². The summed E-state index contributed by atoms with van der Waals surface area (Å²) in [5.41, 5.74) is 0.692. The second-order valence-electron chi connectivity index (χ2n) is 7.86.